The standard InChI is InChI=1S/C14H21F3N2O4/c15-14(16,17)7-10(13(22)23)19-12(21)8-18-11(20)6-9-4-2-1-3-5-9/h9-10H,1-8H2,(H,18,20)(H,19,21)(H,22,23). The largest absolute Gasteiger partial charge is 0.480 e. The van der Waals surface area contributed by atoms with Crippen molar-refractivity contribution in [3.05, 3.63) is 0 Å². The zero-order valence-corrected chi connectivity index (χ0v) is 12.6. The van der Waals surface area contributed by atoms with E-state index in [1.165, 1.54) is 0 Å². The van der Waals surface area contributed by atoms with Gasteiger partial charge >= 0.3 is 12.1 Å². The SMILES string of the molecule is O=C(CC1CCCCC1)NCC(=O)NC(CC(F)(F)F)C(=O)O. The van der Waals surface area contributed by atoms with Crippen LogP contribution in [0.25, 0.3) is 0 Å². The van der Waals surface area contributed by atoms with E-state index < -0.39 is 37.1 Å². The highest BCUT2D eigenvalue weighted by Crippen LogP contribution is 2.26. The Balaban J connectivity index is 2.33. The topological polar surface area (TPSA) is 95.5 Å². The van der Waals surface area contributed by atoms with Gasteiger partial charge in [-0.15, -0.1) is 0 Å². The normalized spacial score (nSPS) is 17.3. The van der Waals surface area contributed by atoms with Crippen LogP contribution in [0.3, 0.4) is 0 Å². The fourth-order valence-electron chi connectivity index (χ4n) is 2.58. The van der Waals surface area contributed by atoms with E-state index >= 15 is 0 Å². The van der Waals surface area contributed by atoms with Crippen LogP contribution < -0.4 is 10.6 Å². The Kier molecular flexibility index (Phi) is 7.31. The Morgan fingerprint density at radius 3 is 2.22 bits per heavy atom. The summed E-state index contributed by atoms with van der Waals surface area (Å²) < 4.78 is 36.6. The minimum atomic E-state index is -4.71. The average molecular weight is 338 g/mol. The summed E-state index contributed by atoms with van der Waals surface area (Å²) in [6.07, 6.45) is -0.913. The van der Waals surface area contributed by atoms with E-state index in [-0.39, 0.29) is 18.2 Å². The van der Waals surface area contributed by atoms with Crippen molar-refractivity contribution in [2.75, 3.05) is 6.54 Å². The van der Waals surface area contributed by atoms with E-state index in [0.717, 1.165) is 32.1 Å². The number of carboxylic acid groups (broad SMARTS) is 1. The predicted molar refractivity (Wildman–Crippen MR) is 74.4 cm³/mol. The highest BCUT2D eigenvalue weighted by atomic mass is 19.4. The summed E-state index contributed by atoms with van der Waals surface area (Å²) in [5.41, 5.74) is 0. The molecule has 0 aromatic carbocycles. The van der Waals surface area contributed by atoms with E-state index in [2.05, 4.69) is 5.32 Å². The lowest BCUT2D eigenvalue weighted by Crippen LogP contribution is -2.47. The van der Waals surface area contributed by atoms with Gasteiger partial charge in [0.05, 0.1) is 13.0 Å². The predicted octanol–water partition coefficient (Wildman–Crippen LogP) is 1.59. The first-order valence-corrected chi connectivity index (χ1v) is 7.53. The lowest BCUT2D eigenvalue weighted by Gasteiger charge is -2.21. The van der Waals surface area contributed by atoms with Crippen LogP contribution >= 0.6 is 0 Å². The molecule has 1 fully saturated rings. The molecule has 1 rings (SSSR count). The van der Waals surface area contributed by atoms with Gasteiger partial charge in [0, 0.05) is 6.42 Å². The summed E-state index contributed by atoms with van der Waals surface area (Å²) in [5, 5.41) is 12.7. The zero-order valence-electron chi connectivity index (χ0n) is 12.6. The van der Waals surface area contributed by atoms with Gasteiger partial charge in [-0.05, 0) is 18.8 Å². The van der Waals surface area contributed by atoms with Crippen molar-refractivity contribution in [2.24, 2.45) is 5.92 Å². The monoisotopic (exact) mass is 338 g/mol. The molecule has 1 saturated carbocycles. The molecular formula is C14H21F3N2O4. The van der Waals surface area contributed by atoms with Crippen molar-refractivity contribution in [1.29, 1.82) is 0 Å². The van der Waals surface area contributed by atoms with Crippen molar-refractivity contribution in [2.45, 2.75) is 57.2 Å². The van der Waals surface area contributed by atoms with Crippen LogP contribution in [0.1, 0.15) is 44.9 Å². The molecule has 1 aliphatic carbocycles. The third kappa shape index (κ3) is 8.41. The van der Waals surface area contributed by atoms with E-state index in [4.69, 9.17) is 5.11 Å². The molecule has 1 aliphatic rings. The van der Waals surface area contributed by atoms with Gasteiger partial charge in [0.25, 0.3) is 0 Å². The Morgan fingerprint density at radius 1 is 1.09 bits per heavy atom. The molecular weight excluding hydrogens is 317 g/mol. The maximum atomic E-state index is 12.2. The third-order valence-corrected chi connectivity index (χ3v) is 3.71. The summed E-state index contributed by atoms with van der Waals surface area (Å²) in [5.74, 6) is -2.82. The van der Waals surface area contributed by atoms with Gasteiger partial charge in [0.15, 0.2) is 0 Å². The number of aliphatic carboxylic acids is 1. The van der Waals surface area contributed by atoms with Gasteiger partial charge in [-0.1, -0.05) is 19.3 Å². The number of nitrogens with one attached hydrogen (secondary N) is 2. The van der Waals surface area contributed by atoms with Gasteiger partial charge in [-0.25, -0.2) is 4.79 Å². The minimum absolute atomic E-state index is 0.267. The molecule has 0 bridgehead atoms. The van der Waals surface area contributed by atoms with Crippen molar-refractivity contribution in [3.8, 4) is 0 Å². The molecule has 0 aromatic heterocycles. The smallest absolute Gasteiger partial charge is 0.391 e. The van der Waals surface area contributed by atoms with Gasteiger partial charge in [0.2, 0.25) is 11.8 Å². The fraction of sp³-hybridized carbons (Fsp3) is 0.786. The van der Waals surface area contributed by atoms with Gasteiger partial charge in [0.1, 0.15) is 6.04 Å². The number of carbonyl (C=O) groups is 3. The molecule has 1 atom stereocenters. The van der Waals surface area contributed by atoms with Crippen LogP contribution in [0.5, 0.6) is 0 Å². The van der Waals surface area contributed by atoms with Crippen molar-refractivity contribution in [1.82, 2.24) is 10.6 Å². The molecule has 0 spiro atoms. The van der Waals surface area contributed by atoms with Gasteiger partial charge < -0.3 is 15.7 Å². The number of carbonyl (C=O) groups excluding carboxylic acids is 2. The van der Waals surface area contributed by atoms with Crippen LogP contribution in [0.4, 0.5) is 13.2 Å². The maximum absolute atomic E-state index is 12.2. The molecule has 132 valence electrons. The number of hydrogen-bond donors (Lipinski definition) is 3. The van der Waals surface area contributed by atoms with Crippen LogP contribution in [-0.2, 0) is 14.4 Å². The van der Waals surface area contributed by atoms with Crippen molar-refractivity contribution in [3.63, 3.8) is 0 Å². The second-order valence-corrected chi connectivity index (χ2v) is 5.76. The minimum Gasteiger partial charge on any atom is -0.480 e. The summed E-state index contributed by atoms with van der Waals surface area (Å²) >= 11 is 0. The molecule has 6 nitrogen and oxygen atoms in total. The first-order valence-electron chi connectivity index (χ1n) is 7.53. The van der Waals surface area contributed by atoms with Crippen LogP contribution in [0.15, 0.2) is 0 Å². The molecule has 23 heavy (non-hydrogen) atoms. The zero-order chi connectivity index (χ0) is 17.5. The molecule has 0 aromatic rings. The molecule has 0 aliphatic heterocycles. The molecule has 9 heteroatoms. The molecule has 0 radical (unpaired) electrons. The number of halogens is 3. The summed E-state index contributed by atoms with van der Waals surface area (Å²) in [4.78, 5) is 33.9. The van der Waals surface area contributed by atoms with Crippen LogP contribution in [-0.4, -0.2) is 41.7 Å². The van der Waals surface area contributed by atoms with Gasteiger partial charge in [-0.2, -0.15) is 13.2 Å². The number of amides is 2. The first kappa shape index (κ1) is 19.2. The molecule has 0 saturated heterocycles. The number of carboxylic acids is 1. The van der Waals surface area contributed by atoms with E-state index in [0.29, 0.717) is 0 Å². The van der Waals surface area contributed by atoms with Crippen LogP contribution in [0, 0.1) is 5.92 Å². The summed E-state index contributed by atoms with van der Waals surface area (Å²) in [7, 11) is 0. The Labute approximate surface area is 131 Å². The Morgan fingerprint density at radius 2 is 1.70 bits per heavy atom. The summed E-state index contributed by atoms with van der Waals surface area (Å²) in [6.45, 7) is -0.535. The maximum Gasteiger partial charge on any atom is 0.391 e. The molecule has 1 unspecified atom stereocenters. The first-order chi connectivity index (χ1) is 10.7. The van der Waals surface area contributed by atoms with E-state index in [1.807, 2.05) is 0 Å². The summed E-state index contributed by atoms with van der Waals surface area (Å²) in [6, 6.07) is -2.06. The highest BCUT2D eigenvalue weighted by molar-refractivity contribution is 5.87. The Hall–Kier alpha value is -1.80. The third-order valence-electron chi connectivity index (χ3n) is 3.71. The lowest BCUT2D eigenvalue weighted by molar-refractivity contribution is -0.159. The average Bonchev–Trinajstić information content (AvgIpc) is 2.44. The number of alkyl halides is 3. The number of hydrogen-bond acceptors (Lipinski definition) is 3. The number of rotatable bonds is 7. The van der Waals surface area contributed by atoms with E-state index in [9.17, 15) is 27.6 Å². The second-order valence-electron chi connectivity index (χ2n) is 5.76. The quantitative estimate of drug-likeness (QED) is 0.657. The van der Waals surface area contributed by atoms with E-state index in [1.54, 1.807) is 5.32 Å². The molecule has 2 amide bonds. The highest BCUT2D eigenvalue weighted by Gasteiger charge is 2.36. The fourth-order valence-corrected chi connectivity index (χ4v) is 2.58. The van der Waals surface area contributed by atoms with Crippen molar-refractivity contribution >= 4 is 17.8 Å². The van der Waals surface area contributed by atoms with Crippen molar-refractivity contribution < 1.29 is 32.7 Å². The van der Waals surface area contributed by atoms with Crippen LogP contribution in [0.2, 0.25) is 0 Å². The lowest BCUT2D eigenvalue weighted by atomic mass is 9.87. The second kappa shape index (κ2) is 8.73. The molecule has 0 heterocycles. The van der Waals surface area contributed by atoms with Gasteiger partial charge in [-0.3, -0.25) is 9.59 Å². The molecule has 3 N–H and O–H groups in total. The Bertz CT molecular complexity index is 434.